The van der Waals surface area contributed by atoms with Crippen molar-refractivity contribution in [1.29, 1.82) is 0 Å². The van der Waals surface area contributed by atoms with Crippen LogP contribution in [0.2, 0.25) is 10.0 Å². The molecular weight excluding hydrogens is 387 g/mol. The number of nitrogens with one attached hydrogen (secondary N) is 2. The fourth-order valence-electron chi connectivity index (χ4n) is 3.87. The third-order valence-electron chi connectivity index (χ3n) is 5.04. The zero-order valence-electron chi connectivity index (χ0n) is 13.8. The Hall–Kier alpha value is -2.83. The van der Waals surface area contributed by atoms with Gasteiger partial charge in [0.1, 0.15) is 11.2 Å². The molecule has 0 fully saturated rings. The minimum absolute atomic E-state index is 0.0135. The predicted octanol–water partition coefficient (Wildman–Crippen LogP) is 3.76. The number of carbonyl (C=O) groups is 2. The van der Waals surface area contributed by atoms with Gasteiger partial charge in [-0.05, 0) is 42.0 Å². The second-order valence-corrected chi connectivity index (χ2v) is 7.45. The Morgan fingerprint density at radius 2 is 1.81 bits per heavy atom. The molecule has 8 heteroatoms. The van der Waals surface area contributed by atoms with Crippen molar-refractivity contribution in [2.24, 2.45) is 0 Å². The van der Waals surface area contributed by atoms with Gasteiger partial charge in [0.2, 0.25) is 11.8 Å². The van der Waals surface area contributed by atoms with Gasteiger partial charge in [-0.2, -0.15) is 5.10 Å². The summed E-state index contributed by atoms with van der Waals surface area (Å²) in [5.41, 5.74) is 1.49. The van der Waals surface area contributed by atoms with Gasteiger partial charge in [-0.1, -0.05) is 29.3 Å². The predicted molar refractivity (Wildman–Crippen MR) is 103 cm³/mol. The minimum atomic E-state index is -1.16. The molecule has 6 nitrogen and oxygen atoms in total. The van der Waals surface area contributed by atoms with Crippen molar-refractivity contribution in [1.82, 2.24) is 9.78 Å². The second-order valence-electron chi connectivity index (χ2n) is 6.57. The highest BCUT2D eigenvalue weighted by Gasteiger charge is 2.54. The summed E-state index contributed by atoms with van der Waals surface area (Å²) in [7, 11) is 0. The van der Waals surface area contributed by atoms with E-state index in [1.165, 1.54) is 0 Å². The number of hydrogen-bond donors (Lipinski definition) is 2. The van der Waals surface area contributed by atoms with Crippen LogP contribution >= 0.6 is 23.2 Å². The van der Waals surface area contributed by atoms with Gasteiger partial charge in [-0.3, -0.25) is 9.59 Å². The minimum Gasteiger partial charge on any atom is -0.325 e. The van der Waals surface area contributed by atoms with Gasteiger partial charge >= 0.3 is 0 Å². The first kappa shape index (κ1) is 16.4. The van der Waals surface area contributed by atoms with E-state index >= 15 is 0 Å². The number of anilines is 2. The lowest BCUT2D eigenvalue weighted by molar-refractivity contribution is -0.125. The molecule has 2 aliphatic heterocycles. The number of rotatable bonds is 1. The van der Waals surface area contributed by atoms with Crippen molar-refractivity contribution in [2.75, 3.05) is 10.6 Å². The summed E-state index contributed by atoms with van der Waals surface area (Å²) < 4.78 is 1.58. The van der Waals surface area contributed by atoms with Crippen LogP contribution in [0.4, 0.5) is 11.5 Å². The summed E-state index contributed by atoms with van der Waals surface area (Å²) >= 11 is 12.3. The molecule has 1 spiro atoms. The molecule has 0 unspecified atom stereocenters. The molecule has 2 amide bonds. The number of nitrogens with zero attached hydrogens (tertiary/aromatic N) is 2. The Kier molecular flexibility index (Phi) is 3.38. The highest BCUT2D eigenvalue weighted by Crippen LogP contribution is 2.50. The van der Waals surface area contributed by atoms with Crippen LogP contribution < -0.4 is 10.6 Å². The first-order chi connectivity index (χ1) is 13.0. The molecule has 3 aromatic rings. The molecule has 0 aliphatic carbocycles. The van der Waals surface area contributed by atoms with Crippen LogP contribution in [0.1, 0.15) is 17.5 Å². The molecule has 1 atom stereocenters. The zero-order valence-corrected chi connectivity index (χ0v) is 15.3. The van der Waals surface area contributed by atoms with Gasteiger partial charge in [0, 0.05) is 27.7 Å². The Morgan fingerprint density at radius 3 is 2.63 bits per heavy atom. The van der Waals surface area contributed by atoms with Crippen molar-refractivity contribution in [3.63, 3.8) is 0 Å². The highest BCUT2D eigenvalue weighted by molar-refractivity contribution is 6.31. The van der Waals surface area contributed by atoms with Gasteiger partial charge in [-0.25, -0.2) is 4.68 Å². The molecule has 0 saturated carbocycles. The van der Waals surface area contributed by atoms with Crippen LogP contribution in [0.5, 0.6) is 0 Å². The van der Waals surface area contributed by atoms with Gasteiger partial charge < -0.3 is 10.6 Å². The van der Waals surface area contributed by atoms with E-state index in [0.29, 0.717) is 38.4 Å². The number of amides is 2. The molecule has 5 rings (SSSR count). The first-order valence-corrected chi connectivity index (χ1v) is 9.00. The molecule has 2 N–H and O–H groups in total. The van der Waals surface area contributed by atoms with Crippen molar-refractivity contribution in [3.8, 4) is 5.69 Å². The van der Waals surface area contributed by atoms with Crippen molar-refractivity contribution in [2.45, 2.75) is 11.8 Å². The van der Waals surface area contributed by atoms with Crippen LogP contribution in [0, 0.1) is 0 Å². The Labute approximate surface area is 164 Å². The van der Waals surface area contributed by atoms with E-state index in [1.54, 1.807) is 47.3 Å². The van der Waals surface area contributed by atoms with E-state index in [9.17, 15) is 9.59 Å². The van der Waals surface area contributed by atoms with Gasteiger partial charge in [0.05, 0.1) is 11.9 Å². The summed E-state index contributed by atoms with van der Waals surface area (Å²) in [5, 5.41) is 11.2. The number of benzene rings is 2. The third kappa shape index (κ3) is 2.23. The van der Waals surface area contributed by atoms with Crippen molar-refractivity contribution >= 4 is 46.5 Å². The van der Waals surface area contributed by atoms with E-state index in [-0.39, 0.29) is 18.2 Å². The van der Waals surface area contributed by atoms with E-state index in [4.69, 9.17) is 23.2 Å². The van der Waals surface area contributed by atoms with E-state index in [2.05, 4.69) is 15.7 Å². The molecule has 2 aromatic carbocycles. The molecule has 27 heavy (non-hydrogen) atoms. The van der Waals surface area contributed by atoms with E-state index in [0.717, 1.165) is 0 Å². The molecular formula is C19H12Cl2N4O2. The monoisotopic (exact) mass is 398 g/mol. The second kappa shape index (κ2) is 5.58. The van der Waals surface area contributed by atoms with Crippen molar-refractivity contribution < 1.29 is 9.59 Å². The lowest BCUT2D eigenvalue weighted by atomic mass is 9.72. The number of halogens is 2. The number of aromatic nitrogens is 2. The topological polar surface area (TPSA) is 76.0 Å². The standard InChI is InChI=1S/C19H12Cl2N4O2/c20-10-2-1-3-12(6-10)25-17-14(9-22-25)19(8-16(26)24-17)13-7-11(21)4-5-15(13)23-18(19)27/h1-7,9H,8H2,(H,23,27)(H,24,26)/t19-/m1/s1. The molecule has 2 aliphatic rings. The van der Waals surface area contributed by atoms with E-state index in [1.807, 2.05) is 6.07 Å². The lowest BCUT2D eigenvalue weighted by Crippen LogP contribution is -2.43. The van der Waals surface area contributed by atoms with Gasteiger partial charge in [0.25, 0.3) is 0 Å². The third-order valence-corrected chi connectivity index (χ3v) is 5.51. The first-order valence-electron chi connectivity index (χ1n) is 8.25. The summed E-state index contributed by atoms with van der Waals surface area (Å²) in [6.45, 7) is 0. The SMILES string of the molecule is O=C1C[C@]2(C(=O)Nc3ccc(Cl)cc32)c2cnn(-c3cccc(Cl)c3)c2N1. The summed E-state index contributed by atoms with van der Waals surface area (Å²) in [5.74, 6) is -0.0766. The smallest absolute Gasteiger partial charge is 0.240 e. The largest absolute Gasteiger partial charge is 0.325 e. The molecule has 134 valence electrons. The molecule has 0 saturated heterocycles. The fourth-order valence-corrected chi connectivity index (χ4v) is 4.23. The average molecular weight is 399 g/mol. The molecule has 0 radical (unpaired) electrons. The van der Waals surface area contributed by atoms with Crippen LogP contribution in [0.25, 0.3) is 5.69 Å². The lowest BCUT2D eigenvalue weighted by Gasteiger charge is -2.31. The number of hydrogen-bond acceptors (Lipinski definition) is 3. The van der Waals surface area contributed by atoms with Gasteiger partial charge in [0.15, 0.2) is 0 Å². The quantitative estimate of drug-likeness (QED) is 0.654. The Balaban J connectivity index is 1.77. The van der Waals surface area contributed by atoms with Crippen LogP contribution in [-0.2, 0) is 15.0 Å². The summed E-state index contributed by atoms with van der Waals surface area (Å²) in [6.07, 6.45) is 1.60. The van der Waals surface area contributed by atoms with Crippen LogP contribution in [0.15, 0.2) is 48.7 Å². The number of carbonyl (C=O) groups excluding carboxylic acids is 2. The average Bonchev–Trinajstić information content (AvgIpc) is 3.16. The van der Waals surface area contributed by atoms with Crippen LogP contribution in [0.3, 0.4) is 0 Å². The maximum absolute atomic E-state index is 13.0. The Morgan fingerprint density at radius 1 is 1.00 bits per heavy atom. The van der Waals surface area contributed by atoms with Gasteiger partial charge in [-0.15, -0.1) is 0 Å². The number of fused-ring (bicyclic) bond motifs is 4. The molecule has 1 aromatic heterocycles. The maximum Gasteiger partial charge on any atom is 0.240 e. The van der Waals surface area contributed by atoms with Crippen molar-refractivity contribution in [3.05, 3.63) is 69.8 Å². The van der Waals surface area contributed by atoms with Crippen LogP contribution in [-0.4, -0.2) is 21.6 Å². The van der Waals surface area contributed by atoms with E-state index < -0.39 is 5.41 Å². The summed E-state index contributed by atoms with van der Waals surface area (Å²) in [6, 6.07) is 12.3. The molecule has 0 bridgehead atoms. The zero-order chi connectivity index (χ0) is 18.8. The normalized spacial score (nSPS) is 20.2. The fraction of sp³-hybridized carbons (Fsp3) is 0.105. The molecule has 3 heterocycles. The highest BCUT2D eigenvalue weighted by atomic mass is 35.5. The maximum atomic E-state index is 13.0. The Bertz CT molecular complexity index is 1140. The summed E-state index contributed by atoms with van der Waals surface area (Å²) in [4.78, 5) is 25.6.